The van der Waals surface area contributed by atoms with Crippen molar-refractivity contribution in [3.8, 4) is 11.1 Å². The van der Waals surface area contributed by atoms with E-state index in [0.29, 0.717) is 12.1 Å². The maximum absolute atomic E-state index is 12.5. The van der Waals surface area contributed by atoms with Gasteiger partial charge < -0.3 is 15.1 Å². The van der Waals surface area contributed by atoms with Crippen LogP contribution in [0.15, 0.2) is 77.6 Å². The van der Waals surface area contributed by atoms with Crippen molar-refractivity contribution >= 4 is 11.8 Å². The molecule has 0 unspecified atom stereocenters. The molecule has 5 heteroatoms. The highest BCUT2D eigenvalue weighted by atomic mass is 16.3. The predicted octanol–water partition coefficient (Wildman–Crippen LogP) is 3.07. The second-order valence-electron chi connectivity index (χ2n) is 5.70. The first kappa shape index (κ1) is 16.5. The van der Waals surface area contributed by atoms with Crippen LogP contribution in [-0.2, 0) is 11.3 Å². The number of carbonyl (C=O) groups is 2. The van der Waals surface area contributed by atoms with E-state index in [4.69, 9.17) is 10.2 Å². The fourth-order valence-corrected chi connectivity index (χ4v) is 2.61. The molecule has 0 saturated carbocycles. The average molecular weight is 334 g/mol. The van der Waals surface area contributed by atoms with Crippen molar-refractivity contribution in [2.75, 3.05) is 6.54 Å². The Morgan fingerprint density at radius 2 is 1.60 bits per heavy atom. The van der Waals surface area contributed by atoms with Crippen LogP contribution in [0.1, 0.15) is 15.9 Å². The van der Waals surface area contributed by atoms with Crippen LogP contribution in [0.5, 0.6) is 0 Å². The van der Waals surface area contributed by atoms with Gasteiger partial charge in [0.25, 0.3) is 5.91 Å². The van der Waals surface area contributed by atoms with Crippen molar-refractivity contribution in [2.45, 2.75) is 6.54 Å². The SMILES string of the molecule is NC(=O)CN(Cc1ccc(-c2ccccc2)cc1)C(=O)c1ccoc1. The molecule has 0 aliphatic carbocycles. The van der Waals surface area contributed by atoms with Crippen LogP contribution >= 0.6 is 0 Å². The second kappa shape index (κ2) is 7.49. The van der Waals surface area contributed by atoms with Crippen molar-refractivity contribution in [3.05, 3.63) is 84.3 Å². The van der Waals surface area contributed by atoms with Gasteiger partial charge in [0, 0.05) is 6.54 Å². The van der Waals surface area contributed by atoms with Crippen LogP contribution < -0.4 is 5.73 Å². The standard InChI is InChI=1S/C20H18N2O3/c21-19(23)13-22(20(24)18-10-11-25-14-18)12-15-6-8-17(9-7-15)16-4-2-1-3-5-16/h1-11,14H,12-13H2,(H2,21,23). The number of nitrogens with zero attached hydrogens (tertiary/aromatic N) is 1. The lowest BCUT2D eigenvalue weighted by atomic mass is 10.0. The predicted molar refractivity (Wildman–Crippen MR) is 94.5 cm³/mol. The summed E-state index contributed by atoms with van der Waals surface area (Å²) in [4.78, 5) is 25.2. The third-order valence-electron chi connectivity index (χ3n) is 3.84. The molecule has 25 heavy (non-hydrogen) atoms. The molecular weight excluding hydrogens is 316 g/mol. The van der Waals surface area contributed by atoms with Crippen LogP contribution in [0.2, 0.25) is 0 Å². The zero-order chi connectivity index (χ0) is 17.6. The van der Waals surface area contributed by atoms with Crippen LogP contribution in [-0.4, -0.2) is 23.3 Å². The Balaban J connectivity index is 1.77. The topological polar surface area (TPSA) is 76.5 Å². The Morgan fingerprint density at radius 1 is 0.920 bits per heavy atom. The summed E-state index contributed by atoms with van der Waals surface area (Å²) in [6.07, 6.45) is 2.78. The fraction of sp³-hybridized carbons (Fsp3) is 0.100. The van der Waals surface area contributed by atoms with E-state index < -0.39 is 5.91 Å². The van der Waals surface area contributed by atoms with Crippen molar-refractivity contribution in [2.24, 2.45) is 5.73 Å². The van der Waals surface area contributed by atoms with E-state index in [2.05, 4.69) is 0 Å². The lowest BCUT2D eigenvalue weighted by molar-refractivity contribution is -0.118. The highest BCUT2D eigenvalue weighted by molar-refractivity contribution is 5.96. The number of hydrogen-bond acceptors (Lipinski definition) is 3. The molecule has 0 bridgehead atoms. The molecule has 0 aliphatic heterocycles. The van der Waals surface area contributed by atoms with Crippen molar-refractivity contribution < 1.29 is 14.0 Å². The molecule has 0 spiro atoms. The minimum Gasteiger partial charge on any atom is -0.472 e. The molecule has 0 atom stereocenters. The van der Waals surface area contributed by atoms with Crippen LogP contribution in [0.25, 0.3) is 11.1 Å². The lowest BCUT2D eigenvalue weighted by Crippen LogP contribution is -2.37. The van der Waals surface area contributed by atoms with Crippen LogP contribution in [0.3, 0.4) is 0 Å². The zero-order valence-electron chi connectivity index (χ0n) is 13.6. The normalized spacial score (nSPS) is 10.4. The summed E-state index contributed by atoms with van der Waals surface area (Å²) in [5, 5.41) is 0. The highest BCUT2D eigenvalue weighted by Crippen LogP contribution is 2.20. The summed E-state index contributed by atoms with van der Waals surface area (Å²) >= 11 is 0. The molecule has 0 aliphatic rings. The Labute approximate surface area is 145 Å². The van der Waals surface area contributed by atoms with Gasteiger partial charge in [-0.1, -0.05) is 54.6 Å². The summed E-state index contributed by atoms with van der Waals surface area (Å²) in [5.41, 5.74) is 8.80. The van der Waals surface area contributed by atoms with E-state index in [1.165, 1.54) is 17.4 Å². The van der Waals surface area contributed by atoms with E-state index in [1.807, 2.05) is 54.6 Å². The number of nitrogens with two attached hydrogens (primary N) is 1. The number of amides is 2. The molecule has 1 heterocycles. The number of benzene rings is 2. The summed E-state index contributed by atoms with van der Waals surface area (Å²) in [5.74, 6) is -0.850. The van der Waals surface area contributed by atoms with Gasteiger partial charge in [0.15, 0.2) is 0 Å². The monoisotopic (exact) mass is 334 g/mol. The fourth-order valence-electron chi connectivity index (χ4n) is 2.61. The zero-order valence-corrected chi connectivity index (χ0v) is 13.6. The molecule has 3 aromatic rings. The molecule has 1 aromatic heterocycles. The molecule has 2 amide bonds. The Kier molecular flexibility index (Phi) is 4.95. The van der Waals surface area contributed by atoms with Gasteiger partial charge in [0.2, 0.25) is 5.91 Å². The highest BCUT2D eigenvalue weighted by Gasteiger charge is 2.19. The first-order valence-electron chi connectivity index (χ1n) is 7.87. The summed E-state index contributed by atoms with van der Waals surface area (Å²) in [7, 11) is 0. The van der Waals surface area contributed by atoms with E-state index in [0.717, 1.165) is 16.7 Å². The minimum absolute atomic E-state index is 0.148. The van der Waals surface area contributed by atoms with Crippen molar-refractivity contribution in [1.29, 1.82) is 0 Å². The maximum Gasteiger partial charge on any atom is 0.257 e. The van der Waals surface area contributed by atoms with E-state index in [9.17, 15) is 9.59 Å². The number of primary amides is 1. The van der Waals surface area contributed by atoms with Crippen LogP contribution in [0, 0.1) is 0 Å². The van der Waals surface area contributed by atoms with Gasteiger partial charge in [-0.15, -0.1) is 0 Å². The molecule has 2 aromatic carbocycles. The van der Waals surface area contributed by atoms with Gasteiger partial charge in [-0.2, -0.15) is 0 Å². The molecular formula is C20H18N2O3. The molecule has 0 radical (unpaired) electrons. The summed E-state index contributed by atoms with van der Waals surface area (Å²) in [6.45, 7) is 0.145. The average Bonchev–Trinajstić information content (AvgIpc) is 3.16. The first-order chi connectivity index (χ1) is 12.1. The van der Waals surface area contributed by atoms with E-state index in [-0.39, 0.29) is 12.5 Å². The maximum atomic E-state index is 12.5. The van der Waals surface area contributed by atoms with Gasteiger partial charge in [0.1, 0.15) is 6.26 Å². The smallest absolute Gasteiger partial charge is 0.257 e. The molecule has 0 saturated heterocycles. The number of carbonyl (C=O) groups excluding carboxylic acids is 2. The van der Waals surface area contributed by atoms with Gasteiger partial charge in [-0.05, 0) is 22.8 Å². The largest absolute Gasteiger partial charge is 0.472 e. The third-order valence-corrected chi connectivity index (χ3v) is 3.84. The molecule has 5 nitrogen and oxygen atoms in total. The van der Waals surface area contributed by atoms with Crippen molar-refractivity contribution in [1.82, 2.24) is 4.90 Å². The number of hydrogen-bond donors (Lipinski definition) is 1. The number of rotatable bonds is 6. The Hall–Kier alpha value is -3.34. The lowest BCUT2D eigenvalue weighted by Gasteiger charge is -2.20. The van der Waals surface area contributed by atoms with Crippen LogP contribution in [0.4, 0.5) is 0 Å². The van der Waals surface area contributed by atoms with Crippen molar-refractivity contribution in [3.63, 3.8) is 0 Å². The third kappa shape index (κ3) is 4.14. The van der Waals surface area contributed by atoms with Gasteiger partial charge >= 0.3 is 0 Å². The van der Waals surface area contributed by atoms with E-state index in [1.54, 1.807) is 6.07 Å². The second-order valence-corrected chi connectivity index (χ2v) is 5.70. The quantitative estimate of drug-likeness (QED) is 0.752. The first-order valence-corrected chi connectivity index (χ1v) is 7.87. The van der Waals surface area contributed by atoms with Gasteiger partial charge in [-0.3, -0.25) is 9.59 Å². The minimum atomic E-state index is -0.558. The molecule has 126 valence electrons. The number of furan rings is 1. The Bertz CT molecular complexity index is 840. The molecule has 2 N–H and O–H groups in total. The summed E-state index contributed by atoms with van der Waals surface area (Å²) in [6, 6.07) is 19.5. The molecule has 3 rings (SSSR count). The van der Waals surface area contributed by atoms with E-state index >= 15 is 0 Å². The summed E-state index contributed by atoms with van der Waals surface area (Å²) < 4.78 is 4.94. The van der Waals surface area contributed by atoms with Gasteiger partial charge in [0.05, 0.1) is 18.4 Å². The Morgan fingerprint density at radius 3 is 2.20 bits per heavy atom. The molecule has 0 fully saturated rings. The van der Waals surface area contributed by atoms with Gasteiger partial charge in [-0.25, -0.2) is 0 Å².